The number of carbonyl (C=O) groups excluding carboxylic acids is 2. The molecule has 0 radical (unpaired) electrons. The van der Waals surface area contributed by atoms with Crippen LogP contribution in [0.4, 0.5) is 0 Å². The summed E-state index contributed by atoms with van der Waals surface area (Å²) in [4.78, 5) is 22.6. The van der Waals surface area contributed by atoms with Gasteiger partial charge in [-0.25, -0.2) is 0 Å². The molecular formula is C17H30O5. The van der Waals surface area contributed by atoms with Crippen molar-refractivity contribution in [3.05, 3.63) is 12.2 Å². The fraction of sp³-hybridized carbons (Fsp3) is 0.765. The first-order chi connectivity index (χ1) is 10.6. The smallest absolute Gasteiger partial charge is 0.305 e. The van der Waals surface area contributed by atoms with Gasteiger partial charge in [0.1, 0.15) is 0 Å². The van der Waals surface area contributed by atoms with E-state index in [1.54, 1.807) is 12.2 Å². The molecule has 0 saturated carbocycles. The molecular weight excluding hydrogens is 284 g/mol. The van der Waals surface area contributed by atoms with E-state index in [4.69, 9.17) is 9.47 Å². The van der Waals surface area contributed by atoms with Crippen molar-refractivity contribution >= 4 is 11.8 Å². The van der Waals surface area contributed by atoms with E-state index in [1.807, 2.05) is 13.8 Å². The van der Waals surface area contributed by atoms with Crippen molar-refractivity contribution in [3.8, 4) is 0 Å². The summed E-state index contributed by atoms with van der Waals surface area (Å²) in [5, 5.41) is 0. The van der Waals surface area contributed by atoms with Crippen molar-refractivity contribution in [2.45, 2.75) is 65.1 Å². The van der Waals surface area contributed by atoms with Crippen molar-refractivity contribution in [1.29, 1.82) is 0 Å². The van der Waals surface area contributed by atoms with Gasteiger partial charge in [-0.3, -0.25) is 9.59 Å². The molecule has 0 rings (SSSR count). The van der Waals surface area contributed by atoms with E-state index in [0.717, 1.165) is 32.1 Å². The molecule has 128 valence electrons. The lowest BCUT2D eigenvalue weighted by Gasteiger charge is -2.11. The van der Waals surface area contributed by atoms with Crippen LogP contribution < -0.4 is 0 Å². The molecule has 5 nitrogen and oxygen atoms in total. The summed E-state index contributed by atoms with van der Waals surface area (Å²) in [6, 6.07) is 0. The summed E-state index contributed by atoms with van der Waals surface area (Å²) in [5.41, 5.74) is 0. The van der Waals surface area contributed by atoms with E-state index in [-0.39, 0.29) is 11.8 Å². The van der Waals surface area contributed by atoms with Crippen molar-refractivity contribution in [1.82, 2.24) is 0 Å². The van der Waals surface area contributed by atoms with Gasteiger partial charge in [0.25, 0.3) is 0 Å². The van der Waals surface area contributed by atoms with Gasteiger partial charge in [-0.15, -0.1) is 0 Å². The number of methoxy groups -OCH3 is 1. The van der Waals surface area contributed by atoms with E-state index in [2.05, 4.69) is 4.74 Å². The summed E-state index contributed by atoms with van der Waals surface area (Å²) in [6.07, 6.45) is 8.56. The molecule has 0 fully saturated rings. The maximum Gasteiger partial charge on any atom is 0.305 e. The van der Waals surface area contributed by atoms with Gasteiger partial charge in [0.15, 0.2) is 12.1 Å². The lowest BCUT2D eigenvalue weighted by Crippen LogP contribution is -2.14. The number of allylic oxidation sites excluding steroid dienone is 1. The fourth-order valence-electron chi connectivity index (χ4n) is 1.96. The van der Waals surface area contributed by atoms with E-state index < -0.39 is 6.29 Å². The van der Waals surface area contributed by atoms with Crippen molar-refractivity contribution in [2.24, 2.45) is 0 Å². The van der Waals surface area contributed by atoms with Crippen molar-refractivity contribution in [2.75, 3.05) is 20.3 Å². The van der Waals surface area contributed by atoms with Crippen LogP contribution in [0.15, 0.2) is 12.2 Å². The van der Waals surface area contributed by atoms with Gasteiger partial charge in [0.2, 0.25) is 0 Å². The molecule has 0 amide bonds. The third-order valence-electron chi connectivity index (χ3n) is 3.13. The average molecular weight is 314 g/mol. The van der Waals surface area contributed by atoms with Gasteiger partial charge in [-0.2, -0.15) is 0 Å². The van der Waals surface area contributed by atoms with E-state index in [1.165, 1.54) is 7.11 Å². The molecule has 0 unspecified atom stereocenters. The predicted octanol–water partition coefficient (Wildman–Crippen LogP) is 3.41. The van der Waals surface area contributed by atoms with Crippen molar-refractivity contribution in [3.63, 3.8) is 0 Å². The minimum Gasteiger partial charge on any atom is -0.469 e. The normalized spacial score (nSPS) is 11.3. The Balaban J connectivity index is 3.65. The number of esters is 1. The average Bonchev–Trinajstić information content (AvgIpc) is 2.51. The Kier molecular flexibility index (Phi) is 13.9. The molecule has 0 aromatic rings. The fourth-order valence-corrected chi connectivity index (χ4v) is 1.96. The van der Waals surface area contributed by atoms with Crippen LogP contribution in [0, 0.1) is 0 Å². The minimum atomic E-state index is -0.433. The van der Waals surface area contributed by atoms with Gasteiger partial charge in [0.05, 0.1) is 7.11 Å². The second-order valence-corrected chi connectivity index (χ2v) is 4.95. The topological polar surface area (TPSA) is 61.8 Å². The van der Waals surface area contributed by atoms with Gasteiger partial charge in [-0.1, -0.05) is 19.3 Å². The molecule has 0 aromatic carbocycles. The number of unbranched alkanes of at least 4 members (excludes halogenated alkanes) is 4. The van der Waals surface area contributed by atoms with Gasteiger partial charge >= 0.3 is 5.97 Å². The van der Waals surface area contributed by atoms with E-state index >= 15 is 0 Å². The van der Waals surface area contributed by atoms with Crippen LogP contribution in [0.25, 0.3) is 0 Å². The lowest BCUT2D eigenvalue weighted by atomic mass is 10.1. The lowest BCUT2D eigenvalue weighted by molar-refractivity contribution is -0.140. The maximum atomic E-state index is 11.7. The van der Waals surface area contributed by atoms with Crippen LogP contribution in [0.5, 0.6) is 0 Å². The molecule has 0 spiro atoms. The highest BCUT2D eigenvalue weighted by Gasteiger charge is 2.04. The molecule has 22 heavy (non-hydrogen) atoms. The SMILES string of the molecule is CCOC(/C=C/C(=O)CCCCCCCC(=O)OC)OCC. The molecule has 0 aliphatic rings. The Morgan fingerprint density at radius 1 is 0.909 bits per heavy atom. The standard InChI is InChI=1S/C17H30O5/c1-4-21-17(22-5-2)14-13-15(18)11-9-7-6-8-10-12-16(19)20-3/h13-14,17H,4-12H2,1-3H3/b14-13+. The van der Waals surface area contributed by atoms with Crippen LogP contribution in [0.2, 0.25) is 0 Å². The molecule has 0 N–H and O–H groups in total. The summed E-state index contributed by atoms with van der Waals surface area (Å²) in [6.45, 7) is 4.88. The second-order valence-electron chi connectivity index (χ2n) is 4.95. The Morgan fingerprint density at radius 3 is 2.00 bits per heavy atom. The second kappa shape index (κ2) is 14.7. The Morgan fingerprint density at radius 2 is 1.45 bits per heavy atom. The quantitative estimate of drug-likeness (QED) is 0.213. The Hall–Kier alpha value is -1.20. The summed E-state index contributed by atoms with van der Waals surface area (Å²) >= 11 is 0. The molecule has 0 aliphatic heterocycles. The number of hydrogen-bond donors (Lipinski definition) is 0. The zero-order chi connectivity index (χ0) is 16.6. The maximum absolute atomic E-state index is 11.7. The number of hydrogen-bond acceptors (Lipinski definition) is 5. The van der Waals surface area contributed by atoms with Crippen molar-refractivity contribution < 1.29 is 23.8 Å². The molecule has 0 aromatic heterocycles. The highest BCUT2D eigenvalue weighted by molar-refractivity contribution is 5.89. The Bertz CT molecular complexity index is 319. The Labute approximate surface area is 134 Å². The van der Waals surface area contributed by atoms with Gasteiger partial charge in [-0.05, 0) is 38.8 Å². The van der Waals surface area contributed by atoms with Crippen LogP contribution in [-0.4, -0.2) is 38.4 Å². The summed E-state index contributed by atoms with van der Waals surface area (Å²) < 4.78 is 15.2. The third-order valence-corrected chi connectivity index (χ3v) is 3.13. The van der Waals surface area contributed by atoms with E-state index in [0.29, 0.717) is 26.1 Å². The number of carbonyl (C=O) groups is 2. The zero-order valence-electron chi connectivity index (χ0n) is 14.1. The largest absolute Gasteiger partial charge is 0.469 e. The van der Waals surface area contributed by atoms with Gasteiger partial charge in [0, 0.05) is 26.1 Å². The van der Waals surface area contributed by atoms with Gasteiger partial charge < -0.3 is 14.2 Å². The molecule has 0 bridgehead atoms. The summed E-state index contributed by atoms with van der Waals surface area (Å²) in [5.74, 6) is -0.0579. The number of rotatable bonds is 14. The highest BCUT2D eigenvalue weighted by atomic mass is 16.7. The first kappa shape index (κ1) is 20.8. The van der Waals surface area contributed by atoms with Crippen LogP contribution in [0.1, 0.15) is 58.8 Å². The number of ketones is 1. The molecule has 0 aliphatic carbocycles. The molecule has 5 heteroatoms. The predicted molar refractivity (Wildman–Crippen MR) is 85.5 cm³/mol. The van der Waals surface area contributed by atoms with E-state index in [9.17, 15) is 9.59 Å². The minimum absolute atomic E-state index is 0.0963. The number of ether oxygens (including phenoxy) is 3. The first-order valence-electron chi connectivity index (χ1n) is 8.15. The van der Waals surface area contributed by atoms with Crippen LogP contribution in [0.3, 0.4) is 0 Å². The van der Waals surface area contributed by atoms with Crippen LogP contribution >= 0.6 is 0 Å². The monoisotopic (exact) mass is 314 g/mol. The zero-order valence-corrected chi connectivity index (χ0v) is 14.1. The molecule has 0 saturated heterocycles. The molecule has 0 atom stereocenters. The highest BCUT2D eigenvalue weighted by Crippen LogP contribution is 2.08. The molecule has 0 heterocycles. The van der Waals surface area contributed by atoms with Crippen LogP contribution in [-0.2, 0) is 23.8 Å². The first-order valence-corrected chi connectivity index (χ1v) is 8.15. The summed E-state index contributed by atoms with van der Waals surface area (Å²) in [7, 11) is 1.41. The third kappa shape index (κ3) is 12.5.